The molecule has 1 saturated heterocycles. The molecule has 0 radical (unpaired) electrons. The van der Waals surface area contributed by atoms with Crippen molar-refractivity contribution in [1.29, 1.82) is 0 Å². The molecule has 3 rings (SSSR count). The number of sulfonamides is 1. The summed E-state index contributed by atoms with van der Waals surface area (Å²) < 4.78 is 60.8. The van der Waals surface area contributed by atoms with Gasteiger partial charge >= 0.3 is 6.09 Å². The Morgan fingerprint density at radius 2 is 1.84 bits per heavy atom. The fraction of sp³-hybridized carbons (Fsp3) is 0.409. The number of ether oxygens (including phenoxy) is 1. The maximum absolute atomic E-state index is 14.1. The fourth-order valence-corrected chi connectivity index (χ4v) is 5.37. The zero-order valence-corrected chi connectivity index (χ0v) is 18.4. The predicted molar refractivity (Wildman–Crippen MR) is 115 cm³/mol. The van der Waals surface area contributed by atoms with E-state index >= 15 is 0 Å². The number of nitrogens with one attached hydrogen (secondary N) is 1. The van der Waals surface area contributed by atoms with E-state index in [1.807, 2.05) is 0 Å². The highest BCUT2D eigenvalue weighted by atomic mass is 32.2. The second-order valence-corrected chi connectivity index (χ2v) is 9.77. The lowest BCUT2D eigenvalue weighted by atomic mass is 10.1. The number of halogens is 2. The highest BCUT2D eigenvalue weighted by Crippen LogP contribution is 2.24. The third kappa shape index (κ3) is 6.02. The van der Waals surface area contributed by atoms with Crippen LogP contribution in [0.1, 0.15) is 35.6 Å². The molecule has 1 heterocycles. The summed E-state index contributed by atoms with van der Waals surface area (Å²) >= 11 is 0. The first-order valence-electron chi connectivity index (χ1n) is 10.2. The van der Waals surface area contributed by atoms with Gasteiger partial charge in [-0.05, 0) is 37.0 Å². The van der Waals surface area contributed by atoms with E-state index in [0.29, 0.717) is 24.0 Å². The van der Waals surface area contributed by atoms with Crippen LogP contribution in [0.15, 0.2) is 42.5 Å². The number of carbonyl (C=O) groups is 1. The smallest absolute Gasteiger partial charge is 0.405 e. The summed E-state index contributed by atoms with van der Waals surface area (Å²) in [6, 6.07) is 10.2. The van der Waals surface area contributed by atoms with Crippen LogP contribution in [-0.4, -0.2) is 48.9 Å². The number of piperidine rings is 1. The average molecular weight is 469 g/mol. The number of carboxylic acid groups (broad SMARTS) is 1. The number of rotatable bonds is 8. The summed E-state index contributed by atoms with van der Waals surface area (Å²) in [4.78, 5) is 11.2. The average Bonchev–Trinajstić information content (AvgIpc) is 2.76. The summed E-state index contributed by atoms with van der Waals surface area (Å²) in [5, 5.41) is 11.4. The molecule has 174 valence electrons. The van der Waals surface area contributed by atoms with Gasteiger partial charge in [0.1, 0.15) is 11.6 Å². The maximum atomic E-state index is 14.1. The molecule has 0 bridgehead atoms. The topological polar surface area (TPSA) is 95.9 Å². The molecule has 0 unspecified atom stereocenters. The van der Waals surface area contributed by atoms with Gasteiger partial charge in [0.15, 0.2) is 0 Å². The quantitative estimate of drug-likeness (QED) is 0.617. The van der Waals surface area contributed by atoms with Gasteiger partial charge < -0.3 is 15.2 Å². The Hall–Kier alpha value is -2.56. The van der Waals surface area contributed by atoms with E-state index in [0.717, 1.165) is 0 Å². The van der Waals surface area contributed by atoms with Gasteiger partial charge in [0, 0.05) is 18.7 Å². The Balaban J connectivity index is 1.59. The van der Waals surface area contributed by atoms with E-state index in [2.05, 4.69) is 5.32 Å². The van der Waals surface area contributed by atoms with E-state index < -0.39 is 39.5 Å². The van der Waals surface area contributed by atoms with Gasteiger partial charge in [-0.1, -0.05) is 36.4 Å². The van der Waals surface area contributed by atoms with Gasteiger partial charge in [0.25, 0.3) is 0 Å². The molecule has 10 heteroatoms. The van der Waals surface area contributed by atoms with Crippen molar-refractivity contribution in [1.82, 2.24) is 9.62 Å². The molecule has 0 aromatic heterocycles. The largest absolute Gasteiger partial charge is 0.465 e. The molecule has 32 heavy (non-hydrogen) atoms. The SMILES string of the molecule is Cc1ccc(F)c(COC2CCN(S(=O)(=O)C[C@H](NC(=O)O)c3ccccc3)CC2)c1F. The molecular formula is C22H26F2N2O5S. The first-order valence-corrected chi connectivity index (χ1v) is 11.9. The van der Waals surface area contributed by atoms with E-state index in [1.165, 1.54) is 16.4 Å². The molecule has 2 aromatic rings. The van der Waals surface area contributed by atoms with Gasteiger partial charge in [-0.2, -0.15) is 0 Å². The Bertz CT molecular complexity index is 1040. The Morgan fingerprint density at radius 3 is 2.47 bits per heavy atom. The molecule has 7 nitrogen and oxygen atoms in total. The van der Waals surface area contributed by atoms with Crippen molar-refractivity contribution in [2.24, 2.45) is 0 Å². The molecule has 1 aliphatic rings. The van der Waals surface area contributed by atoms with Crippen LogP contribution >= 0.6 is 0 Å². The number of nitrogens with zero attached hydrogens (tertiary/aromatic N) is 1. The van der Waals surface area contributed by atoms with Crippen molar-refractivity contribution in [3.05, 3.63) is 70.8 Å². The van der Waals surface area contributed by atoms with Crippen LogP contribution in [0.4, 0.5) is 13.6 Å². The zero-order chi connectivity index (χ0) is 23.3. The van der Waals surface area contributed by atoms with Gasteiger partial charge in [0.05, 0.1) is 24.5 Å². The van der Waals surface area contributed by atoms with Crippen molar-refractivity contribution in [3.63, 3.8) is 0 Å². The Kier molecular flexibility index (Phi) is 7.81. The van der Waals surface area contributed by atoms with Crippen molar-refractivity contribution < 1.29 is 31.8 Å². The number of hydrogen-bond donors (Lipinski definition) is 2. The summed E-state index contributed by atoms with van der Waals surface area (Å²) in [5.74, 6) is -1.72. The van der Waals surface area contributed by atoms with E-state index in [4.69, 9.17) is 9.84 Å². The van der Waals surface area contributed by atoms with Crippen LogP contribution in [0.25, 0.3) is 0 Å². The molecule has 1 amide bonds. The second-order valence-electron chi connectivity index (χ2n) is 7.76. The lowest BCUT2D eigenvalue weighted by molar-refractivity contribution is 0.00770. The molecule has 1 fully saturated rings. The Morgan fingerprint density at radius 1 is 1.19 bits per heavy atom. The normalized spacial score (nSPS) is 16.6. The minimum atomic E-state index is -3.75. The zero-order valence-electron chi connectivity index (χ0n) is 17.6. The molecule has 2 aromatic carbocycles. The first kappa shape index (κ1) is 24.1. The number of aryl methyl sites for hydroxylation is 1. The molecular weight excluding hydrogens is 442 g/mol. The number of hydrogen-bond acceptors (Lipinski definition) is 4. The van der Waals surface area contributed by atoms with Crippen LogP contribution < -0.4 is 5.32 Å². The van der Waals surface area contributed by atoms with Crippen molar-refractivity contribution >= 4 is 16.1 Å². The monoisotopic (exact) mass is 468 g/mol. The van der Waals surface area contributed by atoms with E-state index in [9.17, 15) is 22.0 Å². The van der Waals surface area contributed by atoms with Crippen molar-refractivity contribution in [3.8, 4) is 0 Å². The van der Waals surface area contributed by atoms with Crippen LogP contribution in [0.3, 0.4) is 0 Å². The lowest BCUT2D eigenvalue weighted by Crippen LogP contribution is -2.44. The predicted octanol–water partition coefficient (Wildman–Crippen LogP) is 3.59. The third-order valence-electron chi connectivity index (χ3n) is 5.51. The molecule has 0 aliphatic carbocycles. The van der Waals surface area contributed by atoms with Gasteiger partial charge in [0.2, 0.25) is 10.0 Å². The highest BCUT2D eigenvalue weighted by molar-refractivity contribution is 7.89. The maximum Gasteiger partial charge on any atom is 0.405 e. The molecule has 0 saturated carbocycles. The van der Waals surface area contributed by atoms with E-state index in [-0.39, 0.29) is 31.4 Å². The Labute approximate surface area is 186 Å². The van der Waals surface area contributed by atoms with Crippen LogP contribution in [0.5, 0.6) is 0 Å². The summed E-state index contributed by atoms with van der Waals surface area (Å²) in [7, 11) is -3.75. The third-order valence-corrected chi connectivity index (χ3v) is 7.42. The lowest BCUT2D eigenvalue weighted by Gasteiger charge is -2.32. The van der Waals surface area contributed by atoms with Gasteiger partial charge in [-0.25, -0.2) is 26.3 Å². The van der Waals surface area contributed by atoms with E-state index in [1.54, 1.807) is 37.3 Å². The molecule has 1 atom stereocenters. The second kappa shape index (κ2) is 10.4. The highest BCUT2D eigenvalue weighted by Gasteiger charge is 2.32. The molecule has 0 spiro atoms. The summed E-state index contributed by atoms with van der Waals surface area (Å²) in [6.07, 6.45) is -0.896. The minimum Gasteiger partial charge on any atom is -0.465 e. The summed E-state index contributed by atoms with van der Waals surface area (Å²) in [5.41, 5.74) is 0.748. The van der Waals surface area contributed by atoms with Crippen LogP contribution in [0.2, 0.25) is 0 Å². The fourth-order valence-electron chi connectivity index (χ4n) is 3.70. The van der Waals surface area contributed by atoms with Crippen LogP contribution in [-0.2, 0) is 21.4 Å². The van der Waals surface area contributed by atoms with Crippen LogP contribution in [0, 0.1) is 18.6 Å². The van der Waals surface area contributed by atoms with Gasteiger partial charge in [-0.15, -0.1) is 0 Å². The minimum absolute atomic E-state index is 0.134. The van der Waals surface area contributed by atoms with Gasteiger partial charge in [-0.3, -0.25) is 0 Å². The molecule has 2 N–H and O–H groups in total. The summed E-state index contributed by atoms with van der Waals surface area (Å²) in [6.45, 7) is 1.68. The number of benzene rings is 2. The van der Waals surface area contributed by atoms with Crippen molar-refractivity contribution in [2.45, 2.75) is 38.5 Å². The standard InChI is InChI=1S/C22H26F2N2O5S/c1-15-7-8-19(23)18(21(15)24)13-31-17-9-11-26(12-10-17)32(29,30)14-20(25-22(27)28)16-5-3-2-4-6-16/h2-8,17,20,25H,9-14H2,1H3,(H,27,28)/t20-/m0/s1. The number of amides is 1. The first-order chi connectivity index (χ1) is 15.2. The molecule has 1 aliphatic heterocycles. The van der Waals surface area contributed by atoms with Crippen molar-refractivity contribution in [2.75, 3.05) is 18.8 Å².